The van der Waals surface area contributed by atoms with E-state index in [1.165, 1.54) is 0 Å². The predicted molar refractivity (Wildman–Crippen MR) is 120 cm³/mol. The minimum Gasteiger partial charge on any atom is -0.497 e. The first-order valence-corrected chi connectivity index (χ1v) is 10.7. The summed E-state index contributed by atoms with van der Waals surface area (Å²) in [5, 5.41) is 2.91. The van der Waals surface area contributed by atoms with Gasteiger partial charge in [-0.2, -0.15) is 0 Å². The molecule has 0 atom stereocenters. The summed E-state index contributed by atoms with van der Waals surface area (Å²) in [6.07, 6.45) is 1.36. The Morgan fingerprint density at radius 2 is 1.62 bits per heavy atom. The number of likely N-dealkylation sites (tertiary alicyclic amines) is 2. The van der Waals surface area contributed by atoms with Gasteiger partial charge in [0.1, 0.15) is 17.2 Å². The first-order valence-electron chi connectivity index (χ1n) is 10.7. The molecule has 2 aromatic rings. The molecule has 8 heteroatoms. The molecule has 0 unspecified atom stereocenters. The second kappa shape index (κ2) is 8.98. The number of carbonyl (C=O) groups is 2. The molecule has 0 bridgehead atoms. The summed E-state index contributed by atoms with van der Waals surface area (Å²) >= 11 is 0. The normalized spacial score (nSPS) is 17.0. The molecule has 0 saturated carbocycles. The third-order valence-electron chi connectivity index (χ3n) is 6.42. The van der Waals surface area contributed by atoms with Crippen LogP contribution in [0.2, 0.25) is 0 Å². The van der Waals surface area contributed by atoms with Crippen LogP contribution in [-0.4, -0.2) is 62.7 Å². The number of rotatable bonds is 6. The number of β-lactam (4-membered cyclic amide) rings is 1. The molecule has 0 aromatic heterocycles. The van der Waals surface area contributed by atoms with Crippen LogP contribution >= 0.6 is 0 Å². The molecule has 1 N–H and O–H groups in total. The smallest absolute Gasteiger partial charge is 0.321 e. The van der Waals surface area contributed by atoms with E-state index in [9.17, 15) is 9.59 Å². The summed E-state index contributed by atoms with van der Waals surface area (Å²) in [6.45, 7) is 2.44. The second-order valence-corrected chi connectivity index (χ2v) is 8.27. The molecule has 1 spiro atoms. The van der Waals surface area contributed by atoms with Crippen molar-refractivity contribution in [1.82, 2.24) is 9.80 Å². The Bertz CT molecular complexity index is 984. The maximum Gasteiger partial charge on any atom is 0.321 e. The minimum atomic E-state index is -0.332. The Hall–Kier alpha value is -3.42. The number of hydrogen-bond donors (Lipinski definition) is 1. The van der Waals surface area contributed by atoms with Crippen molar-refractivity contribution >= 4 is 17.6 Å². The zero-order valence-electron chi connectivity index (χ0n) is 18.7. The van der Waals surface area contributed by atoms with E-state index in [1.54, 1.807) is 44.4 Å². The van der Waals surface area contributed by atoms with Crippen molar-refractivity contribution in [1.29, 1.82) is 0 Å². The number of nitrogens with zero attached hydrogens (tertiary/aromatic N) is 2. The van der Waals surface area contributed by atoms with Gasteiger partial charge in [0.15, 0.2) is 0 Å². The first kappa shape index (κ1) is 21.8. The van der Waals surface area contributed by atoms with Gasteiger partial charge in [-0.25, -0.2) is 4.79 Å². The van der Waals surface area contributed by atoms with Crippen molar-refractivity contribution < 1.29 is 23.8 Å². The van der Waals surface area contributed by atoms with E-state index in [2.05, 4.69) is 5.32 Å². The number of methoxy groups -OCH3 is 3. The molecule has 32 heavy (non-hydrogen) atoms. The van der Waals surface area contributed by atoms with Crippen LogP contribution in [0.15, 0.2) is 42.5 Å². The Morgan fingerprint density at radius 3 is 2.22 bits per heavy atom. The number of amides is 3. The number of anilines is 1. The molecule has 8 nitrogen and oxygen atoms in total. The van der Waals surface area contributed by atoms with E-state index in [4.69, 9.17) is 14.2 Å². The van der Waals surface area contributed by atoms with Gasteiger partial charge in [0.2, 0.25) is 5.91 Å². The number of urea groups is 1. The zero-order chi connectivity index (χ0) is 22.7. The predicted octanol–water partition coefficient (Wildman–Crippen LogP) is 3.37. The standard InChI is InChI=1S/C24H29N3O5/c1-30-18-6-4-17(5-7-18)15-27-16-24(22(27)28)10-12-26(13-11-24)23(29)25-20-9-8-19(31-2)14-21(20)32-3/h4-9,14H,10-13,15-16H2,1-3H3,(H,25,29). The topological polar surface area (TPSA) is 80.3 Å². The lowest BCUT2D eigenvalue weighted by Gasteiger charge is -2.52. The molecular weight excluding hydrogens is 410 g/mol. The third kappa shape index (κ3) is 4.17. The summed E-state index contributed by atoms with van der Waals surface area (Å²) < 4.78 is 15.7. The van der Waals surface area contributed by atoms with Gasteiger partial charge in [0.25, 0.3) is 0 Å². The van der Waals surface area contributed by atoms with Crippen LogP contribution in [-0.2, 0) is 11.3 Å². The molecule has 2 heterocycles. The van der Waals surface area contributed by atoms with E-state index in [0.29, 0.717) is 49.7 Å². The van der Waals surface area contributed by atoms with Gasteiger partial charge < -0.3 is 29.3 Å². The summed E-state index contributed by atoms with van der Waals surface area (Å²) in [5.41, 5.74) is 1.34. The van der Waals surface area contributed by atoms with Crippen LogP contribution in [0.5, 0.6) is 17.2 Å². The maximum atomic E-state index is 12.9. The van der Waals surface area contributed by atoms with Gasteiger partial charge in [0, 0.05) is 32.2 Å². The van der Waals surface area contributed by atoms with Crippen molar-refractivity contribution in [3.63, 3.8) is 0 Å². The molecule has 170 valence electrons. The van der Waals surface area contributed by atoms with Crippen molar-refractivity contribution in [2.24, 2.45) is 5.41 Å². The number of nitrogens with one attached hydrogen (secondary N) is 1. The van der Waals surface area contributed by atoms with Gasteiger partial charge in [-0.3, -0.25) is 4.79 Å². The molecule has 2 saturated heterocycles. The van der Waals surface area contributed by atoms with Gasteiger partial charge >= 0.3 is 6.03 Å². The molecule has 3 amide bonds. The van der Waals surface area contributed by atoms with Gasteiger partial charge in [-0.1, -0.05) is 12.1 Å². The lowest BCUT2D eigenvalue weighted by molar-refractivity contribution is -0.165. The average Bonchev–Trinajstić information content (AvgIpc) is 2.84. The van der Waals surface area contributed by atoms with Gasteiger partial charge in [-0.15, -0.1) is 0 Å². The molecule has 2 aliphatic heterocycles. The maximum absolute atomic E-state index is 12.9. The van der Waals surface area contributed by atoms with E-state index in [0.717, 1.165) is 17.9 Å². The van der Waals surface area contributed by atoms with E-state index in [1.807, 2.05) is 29.2 Å². The monoisotopic (exact) mass is 439 g/mol. The summed E-state index contributed by atoms with van der Waals surface area (Å²) in [4.78, 5) is 29.3. The molecule has 0 radical (unpaired) electrons. The Balaban J connectivity index is 1.30. The molecular formula is C24H29N3O5. The molecule has 2 aliphatic rings. The van der Waals surface area contributed by atoms with Crippen molar-refractivity contribution in [3.8, 4) is 17.2 Å². The summed E-state index contributed by atoms with van der Waals surface area (Å²) in [5.74, 6) is 2.18. The SMILES string of the molecule is COc1ccc(CN2CC3(CCN(C(=O)Nc4ccc(OC)cc4OC)CC3)C2=O)cc1. The number of hydrogen-bond acceptors (Lipinski definition) is 5. The molecule has 2 fully saturated rings. The van der Waals surface area contributed by atoms with Crippen LogP contribution in [0.1, 0.15) is 18.4 Å². The van der Waals surface area contributed by atoms with Crippen molar-refractivity contribution in [3.05, 3.63) is 48.0 Å². The lowest BCUT2D eigenvalue weighted by atomic mass is 9.71. The minimum absolute atomic E-state index is 0.185. The number of piperidine rings is 1. The number of benzene rings is 2. The fourth-order valence-electron chi connectivity index (χ4n) is 4.43. The van der Waals surface area contributed by atoms with Gasteiger partial charge in [-0.05, 0) is 42.7 Å². The zero-order valence-corrected chi connectivity index (χ0v) is 18.7. The first-order chi connectivity index (χ1) is 15.5. The quantitative estimate of drug-likeness (QED) is 0.698. The Morgan fingerprint density at radius 1 is 0.969 bits per heavy atom. The highest BCUT2D eigenvalue weighted by atomic mass is 16.5. The summed E-state index contributed by atoms with van der Waals surface area (Å²) in [6, 6.07) is 12.8. The molecule has 0 aliphatic carbocycles. The summed E-state index contributed by atoms with van der Waals surface area (Å²) in [7, 11) is 4.77. The highest BCUT2D eigenvalue weighted by molar-refractivity contribution is 5.92. The second-order valence-electron chi connectivity index (χ2n) is 8.27. The van der Waals surface area contributed by atoms with E-state index < -0.39 is 0 Å². The third-order valence-corrected chi connectivity index (χ3v) is 6.42. The van der Waals surface area contributed by atoms with Crippen LogP contribution < -0.4 is 19.5 Å². The van der Waals surface area contributed by atoms with Crippen molar-refractivity contribution in [2.45, 2.75) is 19.4 Å². The van der Waals surface area contributed by atoms with E-state index >= 15 is 0 Å². The molecule has 4 rings (SSSR count). The van der Waals surface area contributed by atoms with E-state index in [-0.39, 0.29) is 17.4 Å². The van der Waals surface area contributed by atoms with Crippen LogP contribution in [0.3, 0.4) is 0 Å². The van der Waals surface area contributed by atoms with Crippen LogP contribution in [0, 0.1) is 5.41 Å². The number of ether oxygens (including phenoxy) is 3. The molecule has 2 aromatic carbocycles. The van der Waals surface area contributed by atoms with Crippen LogP contribution in [0.25, 0.3) is 0 Å². The highest BCUT2D eigenvalue weighted by Crippen LogP contribution is 2.42. The lowest BCUT2D eigenvalue weighted by Crippen LogP contribution is -2.64. The highest BCUT2D eigenvalue weighted by Gasteiger charge is 2.53. The van der Waals surface area contributed by atoms with Gasteiger partial charge in [0.05, 0.1) is 32.4 Å². The average molecular weight is 440 g/mol. The number of carbonyl (C=O) groups excluding carboxylic acids is 2. The van der Waals surface area contributed by atoms with Crippen LogP contribution in [0.4, 0.5) is 10.5 Å². The Labute approximate surface area is 188 Å². The fourth-order valence-corrected chi connectivity index (χ4v) is 4.43. The fraction of sp³-hybridized carbons (Fsp3) is 0.417. The largest absolute Gasteiger partial charge is 0.497 e. The van der Waals surface area contributed by atoms with Crippen molar-refractivity contribution in [2.75, 3.05) is 46.3 Å². The Kier molecular flexibility index (Phi) is 6.12.